The van der Waals surface area contributed by atoms with E-state index in [1.165, 1.54) is 0 Å². The Labute approximate surface area is 130 Å². The van der Waals surface area contributed by atoms with Crippen LogP contribution in [0.15, 0.2) is 46.2 Å². The third kappa shape index (κ3) is 3.87. The fourth-order valence-corrected chi connectivity index (χ4v) is 4.14. The fourth-order valence-electron chi connectivity index (χ4n) is 2.10. The van der Waals surface area contributed by atoms with Crippen LogP contribution in [0.4, 0.5) is 0 Å². The van der Waals surface area contributed by atoms with E-state index in [1.54, 1.807) is 12.1 Å². The van der Waals surface area contributed by atoms with Gasteiger partial charge in [0.25, 0.3) is 0 Å². The van der Waals surface area contributed by atoms with Crippen LogP contribution in [-0.4, -0.2) is 8.42 Å². The highest BCUT2D eigenvalue weighted by atomic mass is 32.3. The summed E-state index contributed by atoms with van der Waals surface area (Å²) in [6, 6.07) is 11.1. The molecule has 3 nitrogen and oxygen atoms in total. The summed E-state index contributed by atoms with van der Waals surface area (Å²) in [5.41, 5.74) is 3.91. The molecule has 5 heteroatoms. The van der Waals surface area contributed by atoms with Crippen LogP contribution in [0.3, 0.4) is 0 Å². The van der Waals surface area contributed by atoms with Gasteiger partial charge in [0.15, 0.2) is 0 Å². The van der Waals surface area contributed by atoms with Crippen molar-refractivity contribution in [2.24, 2.45) is 0 Å². The quantitative estimate of drug-likeness (QED) is 0.862. The van der Waals surface area contributed by atoms with Gasteiger partial charge in [0.1, 0.15) is 0 Å². The van der Waals surface area contributed by atoms with Gasteiger partial charge in [-0.05, 0) is 51.0 Å². The summed E-state index contributed by atoms with van der Waals surface area (Å²) in [7, 11) is 0. The van der Waals surface area contributed by atoms with Crippen molar-refractivity contribution in [1.29, 1.82) is 0 Å². The SMILES string of the molecule is Cc1ccc(S(=O)OS(=O)c2ccc(C)cc2C)c(C)c1. The van der Waals surface area contributed by atoms with Gasteiger partial charge in [0, 0.05) is 0 Å². The molecule has 0 aliphatic heterocycles. The second-order valence-corrected chi connectivity index (χ2v) is 7.44. The zero-order valence-corrected chi connectivity index (χ0v) is 14.1. The lowest BCUT2D eigenvalue weighted by atomic mass is 10.2. The van der Waals surface area contributed by atoms with Crippen LogP contribution in [0.5, 0.6) is 0 Å². The predicted octanol–water partition coefficient (Wildman–Crippen LogP) is 3.68. The number of aryl methyl sites for hydroxylation is 4. The topological polar surface area (TPSA) is 43.4 Å². The van der Waals surface area contributed by atoms with E-state index in [9.17, 15) is 8.42 Å². The zero-order valence-electron chi connectivity index (χ0n) is 12.5. The van der Waals surface area contributed by atoms with Gasteiger partial charge in [0.05, 0.1) is 9.79 Å². The molecule has 0 heterocycles. The molecule has 0 radical (unpaired) electrons. The van der Waals surface area contributed by atoms with E-state index >= 15 is 0 Å². The highest BCUT2D eigenvalue weighted by molar-refractivity contribution is 7.93. The van der Waals surface area contributed by atoms with Crippen molar-refractivity contribution in [3.63, 3.8) is 0 Å². The van der Waals surface area contributed by atoms with Gasteiger partial charge < -0.3 is 0 Å². The molecule has 2 aromatic rings. The summed E-state index contributed by atoms with van der Waals surface area (Å²) in [6.07, 6.45) is 0. The Bertz CT molecular complexity index is 662. The lowest BCUT2D eigenvalue weighted by Crippen LogP contribution is -2.05. The van der Waals surface area contributed by atoms with Gasteiger partial charge in [-0.15, -0.1) is 0 Å². The first-order chi connectivity index (χ1) is 9.88. The molecule has 0 aromatic heterocycles. The first-order valence-electron chi connectivity index (χ1n) is 6.55. The van der Waals surface area contributed by atoms with Crippen LogP contribution in [0, 0.1) is 27.7 Å². The first-order valence-corrected chi connectivity index (χ1v) is 8.70. The summed E-state index contributed by atoms with van der Waals surface area (Å²) in [6.45, 7) is 7.66. The summed E-state index contributed by atoms with van der Waals surface area (Å²) in [4.78, 5) is 1.11. The third-order valence-corrected chi connectivity index (χ3v) is 5.77. The third-order valence-electron chi connectivity index (χ3n) is 3.14. The van der Waals surface area contributed by atoms with Crippen LogP contribution in [0.2, 0.25) is 0 Å². The molecule has 2 aromatic carbocycles. The molecule has 0 N–H and O–H groups in total. The average molecular weight is 322 g/mol. The molecule has 0 bridgehead atoms. The van der Waals surface area contributed by atoms with Crippen molar-refractivity contribution in [2.75, 3.05) is 0 Å². The molecule has 0 fully saturated rings. The second-order valence-electron chi connectivity index (χ2n) is 5.08. The minimum atomic E-state index is -1.75. The van der Waals surface area contributed by atoms with Gasteiger partial charge in [-0.2, -0.15) is 3.63 Å². The Morgan fingerprint density at radius 2 is 1.10 bits per heavy atom. The molecule has 0 aliphatic rings. The van der Waals surface area contributed by atoms with Gasteiger partial charge in [-0.3, -0.25) is 0 Å². The van der Waals surface area contributed by atoms with E-state index in [4.69, 9.17) is 3.63 Å². The van der Waals surface area contributed by atoms with E-state index < -0.39 is 22.2 Å². The average Bonchev–Trinajstić information content (AvgIpc) is 2.37. The summed E-state index contributed by atoms with van der Waals surface area (Å²) in [5.74, 6) is 0. The highest BCUT2D eigenvalue weighted by Gasteiger charge is 2.15. The Morgan fingerprint density at radius 1 is 0.714 bits per heavy atom. The van der Waals surface area contributed by atoms with E-state index in [0.29, 0.717) is 9.79 Å². The van der Waals surface area contributed by atoms with Crippen molar-refractivity contribution in [3.05, 3.63) is 58.7 Å². The Kier molecular flexibility index (Phi) is 5.08. The van der Waals surface area contributed by atoms with Crippen LogP contribution in [0.25, 0.3) is 0 Å². The maximum Gasteiger partial charge on any atom is 0.203 e. The zero-order chi connectivity index (χ0) is 15.6. The molecule has 0 atom stereocenters. The monoisotopic (exact) mass is 322 g/mol. The summed E-state index contributed by atoms with van der Waals surface area (Å²) in [5, 5.41) is 0. The molecule has 0 spiro atoms. The number of hydrogen-bond acceptors (Lipinski definition) is 3. The molecule has 0 saturated heterocycles. The van der Waals surface area contributed by atoms with Gasteiger partial charge >= 0.3 is 0 Å². The van der Waals surface area contributed by atoms with Crippen LogP contribution < -0.4 is 0 Å². The summed E-state index contributed by atoms with van der Waals surface area (Å²) >= 11 is -3.50. The summed E-state index contributed by atoms with van der Waals surface area (Å²) < 4.78 is 29.7. The van der Waals surface area contributed by atoms with E-state index in [2.05, 4.69) is 0 Å². The molecule has 0 amide bonds. The molecule has 0 unspecified atom stereocenters. The molecular formula is C16H18O3S2. The van der Waals surface area contributed by atoms with E-state index in [-0.39, 0.29) is 0 Å². The van der Waals surface area contributed by atoms with Gasteiger partial charge in [0.2, 0.25) is 22.2 Å². The number of hydrogen-bond donors (Lipinski definition) is 0. The van der Waals surface area contributed by atoms with Gasteiger partial charge in [-0.25, -0.2) is 8.42 Å². The maximum absolute atomic E-state index is 12.2. The number of benzene rings is 2. The largest absolute Gasteiger partial charge is 0.223 e. The fraction of sp³-hybridized carbons (Fsp3) is 0.250. The standard InChI is InChI=1S/C16H18O3S2/c1-11-5-7-15(13(3)9-11)20(17)19-21(18)16-8-6-12(2)10-14(16)4/h5-10H,1-4H3. The Balaban J connectivity index is 2.21. The molecule has 21 heavy (non-hydrogen) atoms. The van der Waals surface area contributed by atoms with Gasteiger partial charge in [-0.1, -0.05) is 35.4 Å². The lowest BCUT2D eigenvalue weighted by molar-refractivity contribution is 0.564. The van der Waals surface area contributed by atoms with Crippen molar-refractivity contribution in [3.8, 4) is 0 Å². The molecular weight excluding hydrogens is 304 g/mol. The molecule has 0 saturated carbocycles. The van der Waals surface area contributed by atoms with Crippen molar-refractivity contribution in [2.45, 2.75) is 37.5 Å². The van der Waals surface area contributed by atoms with Crippen LogP contribution >= 0.6 is 0 Å². The maximum atomic E-state index is 12.2. The lowest BCUT2D eigenvalue weighted by Gasteiger charge is -2.08. The Hall–Kier alpha value is -1.30. The minimum absolute atomic E-state index is 0.554. The minimum Gasteiger partial charge on any atom is -0.223 e. The van der Waals surface area contributed by atoms with E-state index in [1.807, 2.05) is 52.0 Å². The van der Waals surface area contributed by atoms with Crippen LogP contribution in [0.1, 0.15) is 22.3 Å². The Morgan fingerprint density at radius 3 is 1.43 bits per heavy atom. The predicted molar refractivity (Wildman–Crippen MR) is 85.7 cm³/mol. The first kappa shape index (κ1) is 16.1. The molecule has 2 rings (SSSR count). The second kappa shape index (κ2) is 6.64. The van der Waals surface area contributed by atoms with Crippen molar-refractivity contribution in [1.82, 2.24) is 0 Å². The molecule has 112 valence electrons. The molecule has 0 aliphatic carbocycles. The van der Waals surface area contributed by atoms with Crippen molar-refractivity contribution >= 4 is 22.2 Å². The number of rotatable bonds is 4. The van der Waals surface area contributed by atoms with Crippen LogP contribution in [-0.2, 0) is 25.8 Å². The normalized spacial score (nSPS) is 13.9. The van der Waals surface area contributed by atoms with Crippen molar-refractivity contribution < 1.29 is 12.0 Å². The van der Waals surface area contributed by atoms with E-state index in [0.717, 1.165) is 22.3 Å². The smallest absolute Gasteiger partial charge is 0.203 e. The highest BCUT2D eigenvalue weighted by Crippen LogP contribution is 2.21.